The van der Waals surface area contributed by atoms with Gasteiger partial charge in [-0.3, -0.25) is 4.68 Å². The standard InChI is InChI=1S/C16H24N4O2S/c1-20-14(18-15(19-20)13-5-6-13)11-23(21,22)10-9-16(12-17)7-3-2-4-8-16/h13H,2-11H2,1H3. The van der Waals surface area contributed by atoms with Gasteiger partial charge in [0.2, 0.25) is 0 Å². The van der Waals surface area contributed by atoms with E-state index in [4.69, 9.17) is 0 Å². The molecule has 2 aliphatic carbocycles. The third kappa shape index (κ3) is 3.92. The summed E-state index contributed by atoms with van der Waals surface area (Å²) in [6.45, 7) is 0. The predicted octanol–water partition coefficient (Wildman–Crippen LogP) is 2.47. The highest BCUT2D eigenvalue weighted by Crippen LogP contribution is 2.39. The van der Waals surface area contributed by atoms with Crippen LogP contribution in [0.4, 0.5) is 0 Å². The molecule has 0 spiro atoms. The van der Waals surface area contributed by atoms with Crippen molar-refractivity contribution in [2.45, 2.75) is 63.0 Å². The van der Waals surface area contributed by atoms with E-state index in [0.29, 0.717) is 18.2 Å². The second-order valence-electron chi connectivity index (χ2n) is 7.08. The summed E-state index contributed by atoms with van der Waals surface area (Å²) >= 11 is 0. The zero-order chi connectivity index (χ0) is 16.5. The number of aryl methyl sites for hydroxylation is 1. The summed E-state index contributed by atoms with van der Waals surface area (Å²) < 4.78 is 26.5. The summed E-state index contributed by atoms with van der Waals surface area (Å²) in [6, 6.07) is 2.39. The Labute approximate surface area is 137 Å². The van der Waals surface area contributed by atoms with Crippen LogP contribution in [0.2, 0.25) is 0 Å². The highest BCUT2D eigenvalue weighted by Gasteiger charge is 2.34. The van der Waals surface area contributed by atoms with E-state index in [-0.39, 0.29) is 11.5 Å². The molecule has 0 unspecified atom stereocenters. The van der Waals surface area contributed by atoms with Gasteiger partial charge in [-0.1, -0.05) is 19.3 Å². The second kappa shape index (κ2) is 6.23. The van der Waals surface area contributed by atoms with Gasteiger partial charge >= 0.3 is 0 Å². The Balaban J connectivity index is 1.64. The number of aromatic nitrogens is 3. The molecule has 0 amide bonds. The van der Waals surface area contributed by atoms with Crippen LogP contribution in [-0.4, -0.2) is 28.9 Å². The van der Waals surface area contributed by atoms with Gasteiger partial charge in [-0.25, -0.2) is 13.4 Å². The van der Waals surface area contributed by atoms with Gasteiger partial charge in [0.1, 0.15) is 11.6 Å². The van der Waals surface area contributed by atoms with Gasteiger partial charge in [-0.15, -0.1) is 0 Å². The van der Waals surface area contributed by atoms with Crippen LogP contribution in [0.1, 0.15) is 68.9 Å². The van der Waals surface area contributed by atoms with Gasteiger partial charge in [-0.2, -0.15) is 10.4 Å². The molecule has 0 N–H and O–H groups in total. The van der Waals surface area contributed by atoms with Crippen LogP contribution in [0.25, 0.3) is 0 Å². The molecule has 0 radical (unpaired) electrons. The molecule has 1 aromatic rings. The first-order chi connectivity index (χ1) is 10.9. The maximum atomic E-state index is 12.5. The number of nitrogens with zero attached hydrogens (tertiary/aromatic N) is 4. The molecule has 2 saturated carbocycles. The smallest absolute Gasteiger partial charge is 0.157 e. The number of rotatable bonds is 6. The zero-order valence-electron chi connectivity index (χ0n) is 13.7. The third-order valence-electron chi connectivity index (χ3n) is 5.10. The Bertz CT molecular complexity index is 707. The number of hydrogen-bond acceptors (Lipinski definition) is 5. The molecule has 0 aromatic carbocycles. The second-order valence-corrected chi connectivity index (χ2v) is 9.26. The minimum atomic E-state index is -3.27. The van der Waals surface area contributed by atoms with Crippen molar-refractivity contribution in [2.24, 2.45) is 12.5 Å². The van der Waals surface area contributed by atoms with Crippen LogP contribution in [-0.2, 0) is 22.6 Å². The Morgan fingerprint density at radius 3 is 2.61 bits per heavy atom. The van der Waals surface area contributed by atoms with Crippen LogP contribution in [0.15, 0.2) is 0 Å². The molecular weight excluding hydrogens is 312 g/mol. The van der Waals surface area contributed by atoms with Crippen LogP contribution < -0.4 is 0 Å². The summed E-state index contributed by atoms with van der Waals surface area (Å²) in [6.07, 6.45) is 7.51. The molecule has 0 aliphatic heterocycles. The molecule has 0 bridgehead atoms. The average molecular weight is 336 g/mol. The summed E-state index contributed by atoms with van der Waals surface area (Å²) in [5, 5.41) is 13.8. The molecule has 7 heteroatoms. The average Bonchev–Trinajstić information content (AvgIpc) is 3.32. The molecule has 23 heavy (non-hydrogen) atoms. The van der Waals surface area contributed by atoms with Crippen LogP contribution in [0.5, 0.6) is 0 Å². The van der Waals surface area contributed by atoms with Gasteiger partial charge < -0.3 is 0 Å². The molecule has 126 valence electrons. The van der Waals surface area contributed by atoms with Crippen molar-refractivity contribution in [1.29, 1.82) is 5.26 Å². The number of nitriles is 1. The van der Waals surface area contributed by atoms with E-state index in [9.17, 15) is 13.7 Å². The van der Waals surface area contributed by atoms with E-state index in [1.165, 1.54) is 0 Å². The van der Waals surface area contributed by atoms with Gasteiger partial charge in [0, 0.05) is 13.0 Å². The fourth-order valence-corrected chi connectivity index (χ4v) is 4.84. The number of sulfone groups is 1. The topological polar surface area (TPSA) is 88.6 Å². The van der Waals surface area contributed by atoms with Crippen LogP contribution in [0.3, 0.4) is 0 Å². The SMILES string of the molecule is Cn1nc(C2CC2)nc1CS(=O)(=O)CCC1(C#N)CCCCC1. The van der Waals surface area contributed by atoms with Crippen LogP contribution >= 0.6 is 0 Å². The lowest BCUT2D eigenvalue weighted by molar-refractivity contribution is 0.259. The fraction of sp³-hybridized carbons (Fsp3) is 0.812. The van der Waals surface area contributed by atoms with Crippen molar-refractivity contribution < 1.29 is 8.42 Å². The normalized spacial score (nSPS) is 21.0. The van der Waals surface area contributed by atoms with E-state index in [1.54, 1.807) is 11.7 Å². The molecule has 2 aliphatic rings. The van der Waals surface area contributed by atoms with E-state index in [2.05, 4.69) is 16.2 Å². The van der Waals surface area contributed by atoms with E-state index in [1.807, 2.05) is 0 Å². The molecule has 6 nitrogen and oxygen atoms in total. The van der Waals surface area contributed by atoms with Crippen LogP contribution in [0, 0.1) is 16.7 Å². The van der Waals surface area contributed by atoms with E-state index in [0.717, 1.165) is 50.8 Å². The molecule has 1 aromatic heterocycles. The minimum Gasteiger partial charge on any atom is -0.252 e. The van der Waals surface area contributed by atoms with E-state index >= 15 is 0 Å². The maximum Gasteiger partial charge on any atom is 0.157 e. The summed E-state index contributed by atoms with van der Waals surface area (Å²) in [4.78, 5) is 4.40. The van der Waals surface area contributed by atoms with Crippen molar-refractivity contribution in [3.63, 3.8) is 0 Å². The summed E-state index contributed by atoms with van der Waals surface area (Å²) in [5.74, 6) is 1.69. The molecule has 0 atom stereocenters. The predicted molar refractivity (Wildman–Crippen MR) is 86.2 cm³/mol. The lowest BCUT2D eigenvalue weighted by Crippen LogP contribution is -2.26. The largest absolute Gasteiger partial charge is 0.252 e. The van der Waals surface area contributed by atoms with E-state index < -0.39 is 15.3 Å². The maximum absolute atomic E-state index is 12.5. The highest BCUT2D eigenvalue weighted by atomic mass is 32.2. The van der Waals surface area contributed by atoms with Crippen molar-refractivity contribution in [3.8, 4) is 6.07 Å². The molecule has 0 saturated heterocycles. The monoisotopic (exact) mass is 336 g/mol. The molecular formula is C16H24N4O2S. The highest BCUT2D eigenvalue weighted by molar-refractivity contribution is 7.90. The zero-order valence-corrected chi connectivity index (χ0v) is 14.5. The van der Waals surface area contributed by atoms with Gasteiger partial charge in [0.25, 0.3) is 0 Å². The van der Waals surface area contributed by atoms with Gasteiger partial charge in [-0.05, 0) is 32.1 Å². The lowest BCUT2D eigenvalue weighted by Gasteiger charge is -2.30. The molecule has 1 heterocycles. The van der Waals surface area contributed by atoms with Crippen molar-refractivity contribution in [3.05, 3.63) is 11.6 Å². The Morgan fingerprint density at radius 1 is 1.30 bits per heavy atom. The van der Waals surface area contributed by atoms with Crippen molar-refractivity contribution in [2.75, 3.05) is 5.75 Å². The first-order valence-electron chi connectivity index (χ1n) is 8.45. The third-order valence-corrected chi connectivity index (χ3v) is 6.62. The number of hydrogen-bond donors (Lipinski definition) is 0. The molecule has 2 fully saturated rings. The Kier molecular flexibility index (Phi) is 4.45. The van der Waals surface area contributed by atoms with Crippen molar-refractivity contribution in [1.82, 2.24) is 14.8 Å². The lowest BCUT2D eigenvalue weighted by atomic mass is 9.73. The Morgan fingerprint density at radius 2 is 2.00 bits per heavy atom. The van der Waals surface area contributed by atoms with Gasteiger partial charge in [0.05, 0.1) is 17.2 Å². The first kappa shape index (κ1) is 16.4. The van der Waals surface area contributed by atoms with Crippen molar-refractivity contribution >= 4 is 9.84 Å². The quantitative estimate of drug-likeness (QED) is 0.796. The summed E-state index contributed by atoms with van der Waals surface area (Å²) in [7, 11) is -1.52. The Hall–Kier alpha value is -1.42. The first-order valence-corrected chi connectivity index (χ1v) is 10.3. The minimum absolute atomic E-state index is 0.0617. The summed E-state index contributed by atoms with van der Waals surface area (Å²) in [5.41, 5.74) is -0.440. The molecule has 3 rings (SSSR count). The fourth-order valence-electron chi connectivity index (χ4n) is 3.34. The van der Waals surface area contributed by atoms with Gasteiger partial charge in [0.15, 0.2) is 15.7 Å².